The molecule has 9 heteroatoms. The number of sulfonamides is 1. The summed E-state index contributed by atoms with van der Waals surface area (Å²) in [4.78, 5) is 14.6. The Labute approximate surface area is 190 Å². The molecule has 0 aliphatic carbocycles. The van der Waals surface area contributed by atoms with Crippen LogP contribution in [0.3, 0.4) is 0 Å². The summed E-state index contributed by atoms with van der Waals surface area (Å²) < 4.78 is 54.1. The van der Waals surface area contributed by atoms with E-state index in [1.807, 2.05) is 0 Å². The van der Waals surface area contributed by atoms with Crippen LogP contribution in [0.5, 0.6) is 0 Å². The Bertz CT molecular complexity index is 920. The molecule has 2 atom stereocenters. The summed E-state index contributed by atoms with van der Waals surface area (Å²) in [6.07, 6.45) is 1.92. The highest BCUT2D eigenvalue weighted by atomic mass is 32.2. The number of rotatable bonds is 6. The van der Waals surface area contributed by atoms with Crippen molar-refractivity contribution in [3.05, 3.63) is 29.8 Å². The standard InChI is InChI=1S/C23H35F2N3O3S/c1-16-11-17(2)14-27(13-16)23(3,4)15-26-22(29)18-7-9-28(10-8-18)32(30,31)21-12-19(24)5-6-20(21)25/h5-6,12,16-18H,7-11,13-15H2,1-4H3,(H,26,29). The smallest absolute Gasteiger partial charge is 0.246 e. The quantitative estimate of drug-likeness (QED) is 0.692. The predicted octanol–water partition coefficient (Wildman–Crippen LogP) is 3.24. The van der Waals surface area contributed by atoms with Crippen LogP contribution in [0.1, 0.15) is 47.0 Å². The number of likely N-dealkylation sites (tertiary alicyclic amines) is 1. The summed E-state index contributed by atoms with van der Waals surface area (Å²) in [5, 5.41) is 3.06. The monoisotopic (exact) mass is 471 g/mol. The van der Waals surface area contributed by atoms with Crippen molar-refractivity contribution in [2.45, 2.75) is 57.4 Å². The van der Waals surface area contributed by atoms with Crippen molar-refractivity contribution in [3.63, 3.8) is 0 Å². The van der Waals surface area contributed by atoms with Crippen LogP contribution in [-0.2, 0) is 14.8 Å². The lowest BCUT2D eigenvalue weighted by Crippen LogP contribution is -2.56. The molecule has 2 aliphatic rings. The van der Waals surface area contributed by atoms with Gasteiger partial charge in [-0.2, -0.15) is 4.31 Å². The molecule has 6 nitrogen and oxygen atoms in total. The Hall–Kier alpha value is -1.58. The largest absolute Gasteiger partial charge is 0.354 e. The first-order chi connectivity index (χ1) is 14.9. The highest BCUT2D eigenvalue weighted by Crippen LogP contribution is 2.28. The Morgan fingerprint density at radius 1 is 1.12 bits per heavy atom. The molecule has 180 valence electrons. The van der Waals surface area contributed by atoms with Crippen molar-refractivity contribution in [2.24, 2.45) is 17.8 Å². The number of amides is 1. The molecule has 2 heterocycles. The highest BCUT2D eigenvalue weighted by molar-refractivity contribution is 7.89. The van der Waals surface area contributed by atoms with E-state index in [9.17, 15) is 22.0 Å². The minimum absolute atomic E-state index is 0.0786. The van der Waals surface area contributed by atoms with Gasteiger partial charge < -0.3 is 5.32 Å². The minimum Gasteiger partial charge on any atom is -0.354 e. The van der Waals surface area contributed by atoms with Crippen molar-refractivity contribution >= 4 is 15.9 Å². The lowest BCUT2D eigenvalue weighted by molar-refractivity contribution is -0.126. The average molecular weight is 472 g/mol. The molecule has 0 bridgehead atoms. The summed E-state index contributed by atoms with van der Waals surface area (Å²) >= 11 is 0. The maximum Gasteiger partial charge on any atom is 0.246 e. The van der Waals surface area contributed by atoms with Crippen LogP contribution in [-0.4, -0.2) is 61.8 Å². The third kappa shape index (κ3) is 5.66. The molecule has 0 radical (unpaired) electrons. The molecule has 2 unspecified atom stereocenters. The number of carbonyl (C=O) groups excluding carboxylic acids is 1. The van der Waals surface area contributed by atoms with Gasteiger partial charge in [0.1, 0.15) is 16.5 Å². The van der Waals surface area contributed by atoms with Crippen LogP contribution < -0.4 is 5.32 Å². The van der Waals surface area contributed by atoms with E-state index in [1.165, 1.54) is 6.42 Å². The van der Waals surface area contributed by atoms with E-state index >= 15 is 0 Å². The van der Waals surface area contributed by atoms with Gasteiger partial charge in [0.2, 0.25) is 15.9 Å². The number of carbonyl (C=O) groups is 1. The number of nitrogens with one attached hydrogen (secondary N) is 1. The van der Waals surface area contributed by atoms with E-state index in [0.29, 0.717) is 37.3 Å². The summed E-state index contributed by atoms with van der Waals surface area (Å²) in [6, 6.07) is 2.40. The van der Waals surface area contributed by atoms with Crippen molar-refractivity contribution in [1.82, 2.24) is 14.5 Å². The van der Waals surface area contributed by atoms with Crippen molar-refractivity contribution in [3.8, 4) is 0 Å². The molecule has 32 heavy (non-hydrogen) atoms. The molecule has 1 aromatic carbocycles. The second kappa shape index (κ2) is 9.73. The first kappa shape index (κ1) is 25.1. The van der Waals surface area contributed by atoms with E-state index < -0.39 is 26.6 Å². The molecular formula is C23H35F2N3O3S. The topological polar surface area (TPSA) is 69.7 Å². The third-order valence-electron chi connectivity index (χ3n) is 6.76. The van der Waals surface area contributed by atoms with Gasteiger partial charge in [-0.15, -0.1) is 0 Å². The van der Waals surface area contributed by atoms with Crippen molar-refractivity contribution in [2.75, 3.05) is 32.7 Å². The lowest BCUT2D eigenvalue weighted by Gasteiger charge is -2.45. The molecule has 2 saturated heterocycles. The van der Waals surface area contributed by atoms with Crippen molar-refractivity contribution < 1.29 is 22.0 Å². The number of nitrogens with zero attached hydrogens (tertiary/aromatic N) is 2. The average Bonchev–Trinajstić information content (AvgIpc) is 2.73. The third-order valence-corrected chi connectivity index (χ3v) is 8.67. The second-order valence-corrected chi connectivity index (χ2v) is 12.0. The summed E-state index contributed by atoms with van der Waals surface area (Å²) in [6.45, 7) is 11.5. The van der Waals surface area contributed by atoms with Crippen LogP contribution in [0.2, 0.25) is 0 Å². The van der Waals surface area contributed by atoms with E-state index in [-0.39, 0.29) is 30.5 Å². The number of piperidine rings is 2. The fraction of sp³-hybridized carbons (Fsp3) is 0.696. The Morgan fingerprint density at radius 3 is 2.31 bits per heavy atom. The van der Waals surface area contributed by atoms with Crippen LogP contribution >= 0.6 is 0 Å². The molecule has 1 amide bonds. The fourth-order valence-electron chi connectivity index (χ4n) is 4.89. The number of hydrogen-bond donors (Lipinski definition) is 1. The van der Waals surface area contributed by atoms with Crippen LogP contribution in [0, 0.1) is 29.4 Å². The molecule has 3 rings (SSSR count). The zero-order valence-electron chi connectivity index (χ0n) is 19.4. The maximum absolute atomic E-state index is 14.0. The zero-order chi connectivity index (χ0) is 23.7. The van der Waals surface area contributed by atoms with Gasteiger partial charge in [-0.05, 0) is 63.1 Å². The minimum atomic E-state index is -4.14. The van der Waals surface area contributed by atoms with E-state index in [4.69, 9.17) is 0 Å². The SMILES string of the molecule is CC1CC(C)CN(C(C)(C)CNC(=O)C2CCN(S(=O)(=O)c3cc(F)ccc3F)CC2)C1. The van der Waals surface area contributed by atoms with Gasteiger partial charge in [0.15, 0.2) is 0 Å². The Morgan fingerprint density at radius 2 is 1.72 bits per heavy atom. The van der Waals surface area contributed by atoms with E-state index in [2.05, 4.69) is 37.9 Å². The molecule has 2 aliphatic heterocycles. The molecule has 0 aromatic heterocycles. The summed E-state index contributed by atoms with van der Waals surface area (Å²) in [5.74, 6) is -0.904. The Balaban J connectivity index is 1.55. The number of benzene rings is 1. The first-order valence-electron chi connectivity index (χ1n) is 11.4. The van der Waals surface area contributed by atoms with E-state index in [1.54, 1.807) is 0 Å². The zero-order valence-corrected chi connectivity index (χ0v) is 20.2. The summed E-state index contributed by atoms with van der Waals surface area (Å²) in [5.41, 5.74) is -0.169. The molecule has 1 aromatic rings. The lowest BCUT2D eigenvalue weighted by atomic mass is 9.88. The second-order valence-electron chi connectivity index (χ2n) is 10.1. The Kier molecular flexibility index (Phi) is 7.62. The first-order valence-corrected chi connectivity index (χ1v) is 12.8. The van der Waals surface area contributed by atoms with Crippen LogP contribution in [0.25, 0.3) is 0 Å². The fourth-order valence-corrected chi connectivity index (χ4v) is 6.43. The molecular weight excluding hydrogens is 436 g/mol. The number of hydrogen-bond acceptors (Lipinski definition) is 4. The van der Waals surface area contributed by atoms with Gasteiger partial charge >= 0.3 is 0 Å². The normalized spacial score (nSPS) is 24.4. The van der Waals surface area contributed by atoms with Gasteiger partial charge in [0.05, 0.1) is 0 Å². The molecule has 0 saturated carbocycles. The van der Waals surface area contributed by atoms with Gasteiger partial charge in [-0.1, -0.05) is 13.8 Å². The van der Waals surface area contributed by atoms with E-state index in [0.717, 1.165) is 29.5 Å². The summed E-state index contributed by atoms with van der Waals surface area (Å²) in [7, 11) is -4.14. The maximum atomic E-state index is 14.0. The van der Waals surface area contributed by atoms with Crippen LogP contribution in [0.15, 0.2) is 23.1 Å². The van der Waals surface area contributed by atoms with Crippen LogP contribution in [0.4, 0.5) is 8.78 Å². The van der Waals surface area contributed by atoms with Gasteiger partial charge in [0, 0.05) is 44.2 Å². The highest BCUT2D eigenvalue weighted by Gasteiger charge is 2.36. The molecule has 0 spiro atoms. The van der Waals surface area contributed by atoms with Gasteiger partial charge in [-0.25, -0.2) is 17.2 Å². The molecule has 1 N–H and O–H groups in total. The van der Waals surface area contributed by atoms with Gasteiger partial charge in [-0.3, -0.25) is 9.69 Å². The number of halogens is 2. The molecule has 2 fully saturated rings. The van der Waals surface area contributed by atoms with Crippen molar-refractivity contribution in [1.29, 1.82) is 0 Å². The van der Waals surface area contributed by atoms with Gasteiger partial charge in [0.25, 0.3) is 0 Å². The predicted molar refractivity (Wildman–Crippen MR) is 119 cm³/mol.